The van der Waals surface area contributed by atoms with Gasteiger partial charge in [0.05, 0.1) is 12.5 Å². The Bertz CT molecular complexity index is 1000. The molecule has 0 radical (unpaired) electrons. The van der Waals surface area contributed by atoms with E-state index in [-0.39, 0.29) is 30.5 Å². The fourth-order valence-corrected chi connectivity index (χ4v) is 4.29. The Morgan fingerprint density at radius 3 is 2.03 bits per heavy atom. The largest absolute Gasteiger partial charge is 0.491 e. The van der Waals surface area contributed by atoms with Crippen molar-refractivity contribution in [3.05, 3.63) is 102 Å². The standard InChI is InChI=1S/C29H37N3O3/c1-29(2,31-19-25(33)20-35-26-16-14-22(15-17-26)18-27(30)34)21-32(3)28(23-10-6-4-7-11-23)24-12-8-5-9-13-24/h4-17,25,28,31,33H,18-21H2,1-3H3,(H2,30,34). The Kier molecular flexibility index (Phi) is 9.43. The third kappa shape index (κ3) is 8.51. The molecule has 0 heterocycles. The molecule has 0 aromatic heterocycles. The zero-order valence-electron chi connectivity index (χ0n) is 20.9. The van der Waals surface area contributed by atoms with Crippen molar-refractivity contribution >= 4 is 5.91 Å². The second kappa shape index (κ2) is 12.5. The van der Waals surface area contributed by atoms with Gasteiger partial charge in [-0.25, -0.2) is 0 Å². The molecule has 0 aliphatic rings. The number of carbonyl (C=O) groups excluding carboxylic acids is 1. The van der Waals surface area contributed by atoms with E-state index in [0.717, 1.165) is 12.1 Å². The molecule has 0 saturated heterocycles. The lowest BCUT2D eigenvalue weighted by Crippen LogP contribution is -2.51. The normalized spacial score (nSPS) is 12.6. The number of nitrogens with one attached hydrogen (secondary N) is 1. The van der Waals surface area contributed by atoms with Gasteiger partial charge in [-0.15, -0.1) is 0 Å². The number of β-amino-alcohol motifs (C(OH)–C–C–N with tert-alkyl or cyclic N) is 1. The molecule has 6 heteroatoms. The zero-order chi connectivity index (χ0) is 25.3. The average Bonchev–Trinajstić information content (AvgIpc) is 2.83. The zero-order valence-corrected chi connectivity index (χ0v) is 20.9. The molecular weight excluding hydrogens is 438 g/mol. The van der Waals surface area contributed by atoms with Gasteiger partial charge in [0, 0.05) is 18.6 Å². The SMILES string of the molecule is CN(CC(C)(C)NCC(O)COc1ccc(CC(N)=O)cc1)C(c1ccccc1)c1ccccc1. The lowest BCUT2D eigenvalue weighted by atomic mass is 9.95. The monoisotopic (exact) mass is 475 g/mol. The predicted molar refractivity (Wildman–Crippen MR) is 140 cm³/mol. The number of benzene rings is 3. The minimum Gasteiger partial charge on any atom is -0.491 e. The van der Waals surface area contributed by atoms with Crippen molar-refractivity contribution in [1.82, 2.24) is 10.2 Å². The second-order valence-corrected chi connectivity index (χ2v) is 9.66. The number of nitrogens with zero attached hydrogens (tertiary/aromatic N) is 1. The van der Waals surface area contributed by atoms with Crippen LogP contribution in [0.15, 0.2) is 84.9 Å². The van der Waals surface area contributed by atoms with Crippen LogP contribution in [0, 0.1) is 0 Å². The van der Waals surface area contributed by atoms with E-state index in [0.29, 0.717) is 12.3 Å². The molecule has 3 aromatic rings. The maximum Gasteiger partial charge on any atom is 0.221 e. The molecule has 0 bridgehead atoms. The molecule has 1 amide bonds. The number of hydrogen-bond acceptors (Lipinski definition) is 5. The first kappa shape index (κ1) is 26.4. The Hall–Kier alpha value is -3.19. The van der Waals surface area contributed by atoms with E-state index in [9.17, 15) is 9.90 Å². The number of aliphatic hydroxyl groups is 1. The van der Waals surface area contributed by atoms with Crippen LogP contribution in [0.4, 0.5) is 0 Å². The van der Waals surface area contributed by atoms with E-state index in [1.165, 1.54) is 11.1 Å². The number of rotatable bonds is 13. The molecule has 4 N–H and O–H groups in total. The molecule has 35 heavy (non-hydrogen) atoms. The molecule has 0 aliphatic heterocycles. The number of amides is 1. The number of nitrogens with two attached hydrogens (primary N) is 1. The fourth-order valence-electron chi connectivity index (χ4n) is 4.29. The lowest BCUT2D eigenvalue weighted by molar-refractivity contribution is -0.117. The number of primary amides is 1. The lowest BCUT2D eigenvalue weighted by Gasteiger charge is -2.37. The van der Waals surface area contributed by atoms with Crippen molar-refractivity contribution in [3.8, 4) is 5.75 Å². The van der Waals surface area contributed by atoms with E-state index in [1.807, 2.05) is 12.1 Å². The molecule has 186 valence electrons. The quantitative estimate of drug-likeness (QED) is 0.352. The van der Waals surface area contributed by atoms with Gasteiger partial charge in [0.2, 0.25) is 5.91 Å². The third-order valence-corrected chi connectivity index (χ3v) is 5.88. The molecule has 1 unspecified atom stereocenters. The first-order valence-electron chi connectivity index (χ1n) is 12.0. The van der Waals surface area contributed by atoms with Crippen molar-refractivity contribution in [2.75, 3.05) is 26.7 Å². The van der Waals surface area contributed by atoms with Crippen LogP contribution in [0.25, 0.3) is 0 Å². The number of carbonyl (C=O) groups is 1. The van der Waals surface area contributed by atoms with E-state index in [2.05, 4.69) is 79.6 Å². The van der Waals surface area contributed by atoms with Gasteiger partial charge in [-0.1, -0.05) is 72.8 Å². The summed E-state index contributed by atoms with van der Waals surface area (Å²) in [5, 5.41) is 14.0. The topological polar surface area (TPSA) is 87.8 Å². The maximum absolute atomic E-state index is 11.0. The van der Waals surface area contributed by atoms with Crippen LogP contribution in [-0.4, -0.2) is 54.3 Å². The summed E-state index contributed by atoms with van der Waals surface area (Å²) in [7, 11) is 2.13. The van der Waals surface area contributed by atoms with Crippen LogP contribution < -0.4 is 15.8 Å². The van der Waals surface area contributed by atoms with Crippen LogP contribution in [0.1, 0.15) is 36.6 Å². The summed E-state index contributed by atoms with van der Waals surface area (Å²) in [5.41, 5.74) is 8.30. The van der Waals surface area contributed by atoms with Crippen LogP contribution in [0.5, 0.6) is 5.75 Å². The van der Waals surface area contributed by atoms with Crippen molar-refractivity contribution < 1.29 is 14.6 Å². The van der Waals surface area contributed by atoms with Gasteiger partial charge < -0.3 is 20.9 Å². The summed E-state index contributed by atoms with van der Waals surface area (Å²) in [6.45, 7) is 5.63. The van der Waals surface area contributed by atoms with Crippen molar-refractivity contribution in [2.45, 2.75) is 38.0 Å². The highest BCUT2D eigenvalue weighted by atomic mass is 16.5. The molecule has 6 nitrogen and oxygen atoms in total. The highest BCUT2D eigenvalue weighted by Crippen LogP contribution is 2.28. The molecule has 3 rings (SSSR count). The summed E-state index contributed by atoms with van der Waals surface area (Å²) in [6, 6.07) is 28.3. The Morgan fingerprint density at radius 1 is 0.971 bits per heavy atom. The van der Waals surface area contributed by atoms with Crippen LogP contribution in [0.3, 0.4) is 0 Å². The van der Waals surface area contributed by atoms with Crippen molar-refractivity contribution in [3.63, 3.8) is 0 Å². The summed E-state index contributed by atoms with van der Waals surface area (Å²) in [5.74, 6) is 0.275. The van der Waals surface area contributed by atoms with Gasteiger partial charge in [0.25, 0.3) is 0 Å². The number of ether oxygens (including phenoxy) is 1. The number of hydrogen-bond donors (Lipinski definition) is 3. The van der Waals surface area contributed by atoms with E-state index in [4.69, 9.17) is 10.5 Å². The van der Waals surface area contributed by atoms with E-state index < -0.39 is 6.10 Å². The highest BCUT2D eigenvalue weighted by Gasteiger charge is 2.26. The molecule has 0 spiro atoms. The van der Waals surface area contributed by atoms with Crippen molar-refractivity contribution in [2.24, 2.45) is 5.73 Å². The molecule has 3 aromatic carbocycles. The van der Waals surface area contributed by atoms with Crippen LogP contribution in [-0.2, 0) is 11.2 Å². The second-order valence-electron chi connectivity index (χ2n) is 9.66. The minimum absolute atomic E-state index is 0.129. The Labute approximate surface area is 208 Å². The predicted octanol–water partition coefficient (Wildman–Crippen LogP) is 3.54. The first-order chi connectivity index (χ1) is 16.7. The minimum atomic E-state index is -0.663. The van der Waals surface area contributed by atoms with E-state index >= 15 is 0 Å². The molecule has 0 aliphatic carbocycles. The highest BCUT2D eigenvalue weighted by molar-refractivity contribution is 5.76. The fraction of sp³-hybridized carbons (Fsp3) is 0.345. The van der Waals surface area contributed by atoms with Crippen LogP contribution in [0.2, 0.25) is 0 Å². The third-order valence-electron chi connectivity index (χ3n) is 5.88. The van der Waals surface area contributed by atoms with Crippen molar-refractivity contribution in [1.29, 1.82) is 0 Å². The van der Waals surface area contributed by atoms with Gasteiger partial charge in [-0.2, -0.15) is 0 Å². The van der Waals surface area contributed by atoms with Gasteiger partial charge >= 0.3 is 0 Å². The Morgan fingerprint density at radius 2 is 1.51 bits per heavy atom. The van der Waals surface area contributed by atoms with E-state index in [1.54, 1.807) is 24.3 Å². The van der Waals surface area contributed by atoms with Crippen LogP contribution >= 0.6 is 0 Å². The van der Waals surface area contributed by atoms with Gasteiger partial charge in [-0.05, 0) is 49.7 Å². The number of aliphatic hydroxyl groups excluding tert-OH is 1. The summed E-state index contributed by atoms with van der Waals surface area (Å²) < 4.78 is 5.71. The first-order valence-corrected chi connectivity index (χ1v) is 12.0. The average molecular weight is 476 g/mol. The maximum atomic E-state index is 11.0. The molecule has 0 fully saturated rings. The summed E-state index contributed by atoms with van der Waals surface area (Å²) >= 11 is 0. The Balaban J connectivity index is 1.53. The summed E-state index contributed by atoms with van der Waals surface area (Å²) in [6.07, 6.45) is -0.463. The molecule has 0 saturated carbocycles. The molecule has 1 atom stereocenters. The van der Waals surface area contributed by atoms with Gasteiger partial charge in [-0.3, -0.25) is 9.69 Å². The van der Waals surface area contributed by atoms with Gasteiger partial charge in [0.1, 0.15) is 18.5 Å². The summed E-state index contributed by atoms with van der Waals surface area (Å²) in [4.78, 5) is 13.4. The smallest absolute Gasteiger partial charge is 0.221 e. The number of likely N-dealkylation sites (N-methyl/N-ethyl adjacent to an activating group) is 1. The molecular formula is C29H37N3O3. The van der Waals surface area contributed by atoms with Gasteiger partial charge in [0.15, 0.2) is 0 Å².